The van der Waals surface area contributed by atoms with Crippen molar-refractivity contribution in [3.63, 3.8) is 0 Å². The van der Waals surface area contributed by atoms with Gasteiger partial charge >= 0.3 is 0 Å². The van der Waals surface area contributed by atoms with Gasteiger partial charge in [-0.2, -0.15) is 4.98 Å². The molecule has 1 heterocycles. The van der Waals surface area contributed by atoms with E-state index in [1.54, 1.807) is 20.3 Å². The van der Waals surface area contributed by atoms with E-state index in [4.69, 9.17) is 14.0 Å². The number of carbonyl (C=O) groups is 1. The quantitative estimate of drug-likeness (QED) is 0.588. The van der Waals surface area contributed by atoms with Crippen LogP contribution < -0.4 is 20.1 Å². The molecule has 0 radical (unpaired) electrons. The Bertz CT molecular complexity index is 1060. The Hall–Kier alpha value is -3.55. The van der Waals surface area contributed by atoms with Gasteiger partial charge in [-0.3, -0.25) is 4.79 Å². The smallest absolute Gasteiger partial charge is 0.251 e. The van der Waals surface area contributed by atoms with Crippen molar-refractivity contribution in [1.82, 2.24) is 15.5 Å². The van der Waals surface area contributed by atoms with Gasteiger partial charge < -0.3 is 24.6 Å². The second-order valence-electron chi connectivity index (χ2n) is 7.21. The summed E-state index contributed by atoms with van der Waals surface area (Å²) in [6.45, 7) is 2.31. The molecule has 30 heavy (non-hydrogen) atoms. The first kappa shape index (κ1) is 19.8. The largest absolute Gasteiger partial charge is 0.497 e. The molecule has 1 fully saturated rings. The number of nitrogens with one attached hydrogen (secondary N) is 2. The molecule has 8 heteroatoms. The average molecular weight is 408 g/mol. The first-order valence-corrected chi connectivity index (χ1v) is 9.77. The van der Waals surface area contributed by atoms with Crippen molar-refractivity contribution in [1.29, 1.82) is 0 Å². The Kier molecular flexibility index (Phi) is 5.56. The van der Waals surface area contributed by atoms with Gasteiger partial charge in [0.1, 0.15) is 11.5 Å². The van der Waals surface area contributed by atoms with Crippen LogP contribution in [0.3, 0.4) is 0 Å². The number of hydrogen-bond acceptors (Lipinski definition) is 7. The molecule has 1 aliphatic carbocycles. The van der Waals surface area contributed by atoms with Crippen LogP contribution in [-0.2, 0) is 6.54 Å². The molecule has 1 saturated carbocycles. The summed E-state index contributed by atoms with van der Waals surface area (Å²) in [4.78, 5) is 16.8. The molecular weight excluding hydrogens is 384 g/mol. The van der Waals surface area contributed by atoms with Crippen molar-refractivity contribution in [2.45, 2.75) is 32.4 Å². The average Bonchev–Trinajstić information content (AvgIpc) is 3.46. The Morgan fingerprint density at radius 1 is 1.17 bits per heavy atom. The number of aromatic nitrogens is 2. The molecular formula is C22H24N4O4. The van der Waals surface area contributed by atoms with Crippen molar-refractivity contribution >= 4 is 11.6 Å². The molecule has 0 saturated heterocycles. The second kappa shape index (κ2) is 8.44. The zero-order valence-electron chi connectivity index (χ0n) is 17.2. The summed E-state index contributed by atoms with van der Waals surface area (Å²) in [6, 6.07) is 11.3. The van der Waals surface area contributed by atoms with Crippen molar-refractivity contribution in [3.8, 4) is 22.9 Å². The summed E-state index contributed by atoms with van der Waals surface area (Å²) in [7, 11) is 3.18. The number of methoxy groups -OCH3 is 2. The predicted octanol–water partition coefficient (Wildman–Crippen LogP) is 3.57. The molecule has 1 aliphatic rings. The van der Waals surface area contributed by atoms with E-state index < -0.39 is 0 Å². The van der Waals surface area contributed by atoms with Crippen LogP contribution in [0.1, 0.15) is 34.7 Å². The summed E-state index contributed by atoms with van der Waals surface area (Å²) in [5.74, 6) is 2.09. The van der Waals surface area contributed by atoms with E-state index in [9.17, 15) is 4.79 Å². The SMILES string of the molecule is COc1ccc(-c2noc(CNc3cc(C(=O)NC4CC4)ccc3C)n2)c(OC)c1. The lowest BCUT2D eigenvalue weighted by Crippen LogP contribution is -2.25. The molecule has 8 nitrogen and oxygen atoms in total. The molecule has 0 bridgehead atoms. The van der Waals surface area contributed by atoms with Crippen LogP contribution in [0.2, 0.25) is 0 Å². The fourth-order valence-electron chi connectivity index (χ4n) is 3.04. The summed E-state index contributed by atoms with van der Waals surface area (Å²) in [5.41, 5.74) is 3.21. The van der Waals surface area contributed by atoms with Gasteiger partial charge in [0.05, 0.1) is 26.3 Å². The van der Waals surface area contributed by atoms with E-state index in [2.05, 4.69) is 20.8 Å². The molecule has 2 aromatic carbocycles. The lowest BCUT2D eigenvalue weighted by atomic mass is 10.1. The lowest BCUT2D eigenvalue weighted by Gasteiger charge is -2.10. The van der Waals surface area contributed by atoms with Crippen molar-refractivity contribution in [2.24, 2.45) is 0 Å². The molecule has 4 rings (SSSR count). The Morgan fingerprint density at radius 2 is 2.00 bits per heavy atom. The normalized spacial score (nSPS) is 13.0. The maximum atomic E-state index is 12.3. The highest BCUT2D eigenvalue weighted by atomic mass is 16.5. The van der Waals surface area contributed by atoms with E-state index in [1.807, 2.05) is 37.3 Å². The van der Waals surface area contributed by atoms with E-state index in [1.165, 1.54) is 0 Å². The van der Waals surface area contributed by atoms with Gasteiger partial charge in [0, 0.05) is 23.4 Å². The van der Waals surface area contributed by atoms with Gasteiger partial charge in [-0.15, -0.1) is 0 Å². The minimum atomic E-state index is -0.0489. The van der Waals surface area contributed by atoms with Gasteiger partial charge in [-0.1, -0.05) is 11.2 Å². The van der Waals surface area contributed by atoms with Gasteiger partial charge in [-0.25, -0.2) is 0 Å². The molecule has 0 atom stereocenters. The van der Waals surface area contributed by atoms with Crippen molar-refractivity contribution < 1.29 is 18.8 Å². The molecule has 3 aromatic rings. The first-order chi connectivity index (χ1) is 14.6. The van der Waals surface area contributed by atoms with Crippen LogP contribution in [0.4, 0.5) is 5.69 Å². The number of aryl methyl sites for hydroxylation is 1. The third-order valence-electron chi connectivity index (χ3n) is 4.96. The standard InChI is InChI=1S/C22H24N4O4/c1-13-4-5-14(22(27)24-15-6-7-15)10-18(13)23-12-20-25-21(26-30-20)17-9-8-16(28-2)11-19(17)29-3/h4-5,8-11,15,23H,6-7,12H2,1-3H3,(H,24,27). The maximum Gasteiger partial charge on any atom is 0.251 e. The number of amides is 1. The van der Waals surface area contributed by atoms with Crippen LogP contribution in [-0.4, -0.2) is 36.3 Å². The van der Waals surface area contributed by atoms with Gasteiger partial charge in [0.2, 0.25) is 11.7 Å². The summed E-state index contributed by atoms with van der Waals surface area (Å²) in [6.07, 6.45) is 2.11. The molecule has 0 unspecified atom stereocenters. The van der Waals surface area contributed by atoms with E-state index in [-0.39, 0.29) is 5.91 Å². The van der Waals surface area contributed by atoms with Crippen molar-refractivity contribution in [3.05, 3.63) is 53.4 Å². The molecule has 156 valence electrons. The highest BCUT2D eigenvalue weighted by Crippen LogP contribution is 2.31. The van der Waals surface area contributed by atoms with Crippen LogP contribution in [0, 0.1) is 6.92 Å². The maximum absolute atomic E-state index is 12.3. The highest BCUT2D eigenvalue weighted by Gasteiger charge is 2.24. The first-order valence-electron chi connectivity index (χ1n) is 9.77. The lowest BCUT2D eigenvalue weighted by molar-refractivity contribution is 0.0951. The zero-order chi connectivity index (χ0) is 21.1. The Morgan fingerprint density at radius 3 is 2.73 bits per heavy atom. The minimum Gasteiger partial charge on any atom is -0.497 e. The summed E-state index contributed by atoms with van der Waals surface area (Å²) in [5, 5.41) is 10.3. The van der Waals surface area contributed by atoms with E-state index >= 15 is 0 Å². The third-order valence-corrected chi connectivity index (χ3v) is 4.96. The number of anilines is 1. The third kappa shape index (κ3) is 4.37. The number of ether oxygens (including phenoxy) is 2. The number of carbonyl (C=O) groups excluding carboxylic acids is 1. The van der Waals surface area contributed by atoms with E-state index in [0.717, 1.165) is 24.1 Å². The topological polar surface area (TPSA) is 98.5 Å². The van der Waals surface area contributed by atoms with Gasteiger partial charge in [0.15, 0.2) is 0 Å². The zero-order valence-corrected chi connectivity index (χ0v) is 17.2. The predicted molar refractivity (Wildman–Crippen MR) is 112 cm³/mol. The minimum absolute atomic E-state index is 0.0489. The highest BCUT2D eigenvalue weighted by molar-refractivity contribution is 5.95. The van der Waals surface area contributed by atoms with Gasteiger partial charge in [-0.05, 0) is 49.6 Å². The summed E-state index contributed by atoms with van der Waals surface area (Å²) < 4.78 is 16.0. The van der Waals surface area contributed by atoms with Crippen molar-refractivity contribution in [2.75, 3.05) is 19.5 Å². The molecule has 0 spiro atoms. The van der Waals surface area contributed by atoms with Crippen LogP contribution in [0.15, 0.2) is 40.9 Å². The summed E-state index contributed by atoms with van der Waals surface area (Å²) >= 11 is 0. The monoisotopic (exact) mass is 408 g/mol. The fourth-order valence-corrected chi connectivity index (χ4v) is 3.04. The number of benzene rings is 2. The van der Waals surface area contributed by atoms with E-state index in [0.29, 0.717) is 46.9 Å². The van der Waals surface area contributed by atoms with Crippen LogP contribution in [0.25, 0.3) is 11.4 Å². The van der Waals surface area contributed by atoms with Gasteiger partial charge in [0.25, 0.3) is 5.91 Å². The molecule has 1 aromatic heterocycles. The number of rotatable bonds is 8. The van der Waals surface area contributed by atoms with Crippen LogP contribution in [0.5, 0.6) is 11.5 Å². The van der Waals surface area contributed by atoms with Crippen LogP contribution >= 0.6 is 0 Å². The number of nitrogens with zero attached hydrogens (tertiary/aromatic N) is 2. The molecule has 0 aliphatic heterocycles. The number of hydrogen-bond donors (Lipinski definition) is 2. The fraction of sp³-hybridized carbons (Fsp3) is 0.318. The molecule has 1 amide bonds. The molecule has 2 N–H and O–H groups in total. The Balaban J connectivity index is 1.46. The Labute approximate surface area is 174 Å². The second-order valence-corrected chi connectivity index (χ2v) is 7.21.